The van der Waals surface area contributed by atoms with Crippen LogP contribution in [0.3, 0.4) is 0 Å². The lowest BCUT2D eigenvalue weighted by Gasteiger charge is -2.28. The molecular formula is C19H24N2O3S. The fourth-order valence-electron chi connectivity index (χ4n) is 2.73. The molecule has 1 N–H and O–H groups in total. The van der Waals surface area contributed by atoms with Crippen molar-refractivity contribution in [2.75, 3.05) is 10.6 Å². The van der Waals surface area contributed by atoms with Gasteiger partial charge in [0.05, 0.1) is 11.9 Å². The molecule has 0 saturated heterocycles. The summed E-state index contributed by atoms with van der Waals surface area (Å²) in [5.41, 5.74) is 3.50. The van der Waals surface area contributed by atoms with Crippen LogP contribution in [0, 0.1) is 13.8 Å². The smallest absolute Gasteiger partial charge is 0.243 e. The number of anilines is 1. The molecule has 2 aromatic rings. The quantitative estimate of drug-likeness (QED) is 0.861. The molecule has 0 unspecified atom stereocenters. The summed E-state index contributed by atoms with van der Waals surface area (Å²) in [6.07, 6.45) is 1.11. The lowest BCUT2D eigenvalue weighted by atomic mass is 10.1. The van der Waals surface area contributed by atoms with Crippen molar-refractivity contribution < 1.29 is 13.2 Å². The molecule has 134 valence electrons. The van der Waals surface area contributed by atoms with Crippen molar-refractivity contribution in [2.24, 2.45) is 0 Å². The van der Waals surface area contributed by atoms with Crippen LogP contribution in [0.1, 0.15) is 23.6 Å². The number of aryl methyl sites for hydroxylation is 2. The standard InChI is InChI=1S/C19H24N2O3S/c1-14-7-5-9-17(11-14)13-20-19(22)16(3)21(25(4,23)24)18-10-6-8-15(2)12-18/h5-12,16H,13H2,1-4H3,(H,20,22)/t16-/m1/s1. The maximum absolute atomic E-state index is 12.5. The first-order chi connectivity index (χ1) is 11.7. The van der Waals surface area contributed by atoms with Gasteiger partial charge in [0.1, 0.15) is 6.04 Å². The van der Waals surface area contributed by atoms with Crippen molar-refractivity contribution >= 4 is 21.6 Å². The largest absolute Gasteiger partial charge is 0.350 e. The molecule has 1 amide bonds. The number of benzene rings is 2. The highest BCUT2D eigenvalue weighted by atomic mass is 32.2. The minimum Gasteiger partial charge on any atom is -0.350 e. The Morgan fingerprint density at radius 2 is 1.68 bits per heavy atom. The molecule has 25 heavy (non-hydrogen) atoms. The first-order valence-corrected chi connectivity index (χ1v) is 9.92. The SMILES string of the molecule is Cc1cccc(CNC(=O)[C@@H](C)N(c2cccc(C)c2)S(C)(=O)=O)c1. The second-order valence-electron chi connectivity index (χ2n) is 6.28. The van der Waals surface area contributed by atoms with Crippen molar-refractivity contribution in [3.8, 4) is 0 Å². The Bertz CT molecular complexity index is 862. The van der Waals surface area contributed by atoms with Gasteiger partial charge >= 0.3 is 0 Å². The predicted molar refractivity (Wildman–Crippen MR) is 101 cm³/mol. The second kappa shape index (κ2) is 7.70. The fraction of sp³-hybridized carbons (Fsp3) is 0.316. The molecule has 0 heterocycles. The number of hydrogen-bond donors (Lipinski definition) is 1. The van der Waals surface area contributed by atoms with E-state index >= 15 is 0 Å². The van der Waals surface area contributed by atoms with Crippen molar-refractivity contribution in [3.63, 3.8) is 0 Å². The molecule has 5 nitrogen and oxygen atoms in total. The van der Waals surface area contributed by atoms with Gasteiger partial charge in [-0.15, -0.1) is 0 Å². The van der Waals surface area contributed by atoms with Gasteiger partial charge in [-0.1, -0.05) is 42.0 Å². The van der Waals surface area contributed by atoms with E-state index in [1.54, 1.807) is 25.1 Å². The molecule has 0 radical (unpaired) electrons. The van der Waals surface area contributed by atoms with E-state index in [1.807, 2.05) is 44.2 Å². The maximum atomic E-state index is 12.5. The van der Waals surface area contributed by atoms with Crippen LogP contribution in [0.5, 0.6) is 0 Å². The number of nitrogens with zero attached hydrogens (tertiary/aromatic N) is 1. The number of amides is 1. The van der Waals surface area contributed by atoms with E-state index < -0.39 is 16.1 Å². The van der Waals surface area contributed by atoms with Gasteiger partial charge in [0.25, 0.3) is 0 Å². The molecule has 0 aromatic heterocycles. The number of nitrogens with one attached hydrogen (secondary N) is 1. The Balaban J connectivity index is 2.18. The van der Waals surface area contributed by atoms with Crippen LogP contribution in [0.2, 0.25) is 0 Å². The summed E-state index contributed by atoms with van der Waals surface area (Å²) >= 11 is 0. The highest BCUT2D eigenvalue weighted by Crippen LogP contribution is 2.22. The van der Waals surface area contributed by atoms with Crippen molar-refractivity contribution in [2.45, 2.75) is 33.4 Å². The third-order valence-electron chi connectivity index (χ3n) is 3.89. The molecular weight excluding hydrogens is 336 g/mol. The fourth-order valence-corrected chi connectivity index (χ4v) is 3.90. The summed E-state index contributed by atoms with van der Waals surface area (Å²) in [6, 6.07) is 14.1. The van der Waals surface area contributed by atoms with Crippen molar-refractivity contribution in [1.82, 2.24) is 5.32 Å². The van der Waals surface area contributed by atoms with E-state index in [0.29, 0.717) is 12.2 Å². The summed E-state index contributed by atoms with van der Waals surface area (Å²) in [4.78, 5) is 12.5. The average Bonchev–Trinajstić information content (AvgIpc) is 2.51. The van der Waals surface area contributed by atoms with E-state index in [0.717, 1.165) is 27.3 Å². The van der Waals surface area contributed by atoms with Crippen LogP contribution in [-0.2, 0) is 21.4 Å². The molecule has 2 rings (SSSR count). The minimum atomic E-state index is -3.60. The van der Waals surface area contributed by atoms with Crippen LogP contribution < -0.4 is 9.62 Å². The summed E-state index contributed by atoms with van der Waals surface area (Å²) in [7, 11) is -3.60. The Kier molecular flexibility index (Phi) is 5.85. The normalized spacial score (nSPS) is 12.5. The first kappa shape index (κ1) is 19.0. The molecule has 0 bridgehead atoms. The highest BCUT2D eigenvalue weighted by molar-refractivity contribution is 7.92. The number of carbonyl (C=O) groups is 1. The van der Waals surface area contributed by atoms with Gasteiger partial charge in [-0.25, -0.2) is 8.42 Å². The summed E-state index contributed by atoms with van der Waals surface area (Å²) in [6.45, 7) is 5.81. The zero-order valence-corrected chi connectivity index (χ0v) is 15.8. The van der Waals surface area contributed by atoms with Crippen LogP contribution in [-0.4, -0.2) is 26.6 Å². The molecule has 2 aromatic carbocycles. The highest BCUT2D eigenvalue weighted by Gasteiger charge is 2.28. The second-order valence-corrected chi connectivity index (χ2v) is 8.14. The van der Waals surface area contributed by atoms with Crippen LogP contribution in [0.15, 0.2) is 48.5 Å². The number of rotatable bonds is 6. The Morgan fingerprint density at radius 1 is 1.08 bits per heavy atom. The van der Waals surface area contributed by atoms with Gasteiger partial charge in [-0.2, -0.15) is 0 Å². The molecule has 0 aliphatic carbocycles. The average molecular weight is 360 g/mol. The molecule has 0 fully saturated rings. The van der Waals surface area contributed by atoms with Crippen molar-refractivity contribution in [3.05, 3.63) is 65.2 Å². The molecule has 0 saturated carbocycles. The number of hydrogen-bond acceptors (Lipinski definition) is 3. The van der Waals surface area contributed by atoms with Gasteiger partial charge in [-0.3, -0.25) is 9.10 Å². The van der Waals surface area contributed by atoms with Crippen LogP contribution >= 0.6 is 0 Å². The first-order valence-electron chi connectivity index (χ1n) is 8.08. The third-order valence-corrected chi connectivity index (χ3v) is 5.14. The molecule has 0 spiro atoms. The van der Waals surface area contributed by atoms with Gasteiger partial charge < -0.3 is 5.32 Å². The number of sulfonamides is 1. The Labute approximate surface area is 149 Å². The lowest BCUT2D eigenvalue weighted by Crippen LogP contribution is -2.47. The zero-order valence-electron chi connectivity index (χ0n) is 15.0. The summed E-state index contributed by atoms with van der Waals surface area (Å²) in [5, 5.41) is 2.82. The molecule has 6 heteroatoms. The lowest BCUT2D eigenvalue weighted by molar-refractivity contribution is -0.122. The van der Waals surface area contributed by atoms with Gasteiger partial charge in [0, 0.05) is 6.54 Å². The topological polar surface area (TPSA) is 66.5 Å². The van der Waals surface area contributed by atoms with E-state index in [4.69, 9.17) is 0 Å². The number of carbonyl (C=O) groups excluding carboxylic acids is 1. The van der Waals surface area contributed by atoms with Gasteiger partial charge in [0.2, 0.25) is 15.9 Å². The van der Waals surface area contributed by atoms with E-state index in [1.165, 1.54) is 0 Å². The predicted octanol–water partition coefficient (Wildman–Crippen LogP) is 2.77. The van der Waals surface area contributed by atoms with E-state index in [9.17, 15) is 13.2 Å². The monoisotopic (exact) mass is 360 g/mol. The van der Waals surface area contributed by atoms with Crippen molar-refractivity contribution in [1.29, 1.82) is 0 Å². The molecule has 0 aliphatic rings. The third kappa shape index (κ3) is 5.06. The summed E-state index contributed by atoms with van der Waals surface area (Å²) < 4.78 is 25.7. The van der Waals surface area contributed by atoms with E-state index in [2.05, 4.69) is 5.32 Å². The Hall–Kier alpha value is -2.34. The zero-order chi connectivity index (χ0) is 18.6. The van der Waals surface area contributed by atoms with Gasteiger partial charge in [-0.05, 0) is 44.0 Å². The van der Waals surface area contributed by atoms with Crippen LogP contribution in [0.25, 0.3) is 0 Å². The van der Waals surface area contributed by atoms with E-state index in [-0.39, 0.29) is 5.91 Å². The Morgan fingerprint density at radius 3 is 2.24 bits per heavy atom. The molecule has 0 aliphatic heterocycles. The summed E-state index contributed by atoms with van der Waals surface area (Å²) in [5.74, 6) is -0.339. The van der Waals surface area contributed by atoms with Crippen LogP contribution in [0.4, 0.5) is 5.69 Å². The molecule has 1 atom stereocenters. The van der Waals surface area contributed by atoms with Gasteiger partial charge in [0.15, 0.2) is 0 Å². The maximum Gasteiger partial charge on any atom is 0.243 e. The minimum absolute atomic E-state index is 0.339.